The molecule has 0 radical (unpaired) electrons. The number of rotatable bonds is 6. The van der Waals surface area contributed by atoms with Crippen molar-refractivity contribution < 1.29 is 9.84 Å². The molecule has 0 saturated carbocycles. The third-order valence-electron chi connectivity index (χ3n) is 4.11. The first-order valence-corrected chi connectivity index (χ1v) is 6.90. The molecule has 0 aliphatic carbocycles. The first kappa shape index (κ1) is 16.3. The van der Waals surface area contributed by atoms with Crippen molar-refractivity contribution >= 4 is 11.6 Å². The summed E-state index contributed by atoms with van der Waals surface area (Å²) in [5.41, 5.74) is 0.664. The summed E-state index contributed by atoms with van der Waals surface area (Å²) in [6.45, 7) is 4.15. The quantitative estimate of drug-likeness (QED) is 0.872. The maximum atomic E-state index is 10.6. The molecule has 2 unspecified atom stereocenters. The number of nitrogens with zero attached hydrogens (tertiary/aromatic N) is 1. The number of benzene rings is 1. The first-order chi connectivity index (χ1) is 8.85. The third-order valence-corrected chi connectivity index (χ3v) is 4.35. The van der Waals surface area contributed by atoms with Crippen molar-refractivity contribution in [2.24, 2.45) is 0 Å². The van der Waals surface area contributed by atoms with Crippen LogP contribution in [-0.4, -0.2) is 42.9 Å². The van der Waals surface area contributed by atoms with E-state index in [0.717, 1.165) is 17.7 Å². The molecule has 1 N–H and O–H groups in total. The van der Waals surface area contributed by atoms with Crippen LogP contribution < -0.4 is 4.74 Å². The van der Waals surface area contributed by atoms with Gasteiger partial charge in [-0.05, 0) is 51.2 Å². The van der Waals surface area contributed by atoms with Gasteiger partial charge in [0.15, 0.2) is 0 Å². The van der Waals surface area contributed by atoms with E-state index in [2.05, 4.69) is 18.7 Å². The number of hydrogen-bond acceptors (Lipinski definition) is 3. The fraction of sp³-hybridized carbons (Fsp3) is 0.600. The molecule has 0 fully saturated rings. The van der Waals surface area contributed by atoms with Gasteiger partial charge in [0.05, 0.1) is 13.2 Å². The summed E-state index contributed by atoms with van der Waals surface area (Å²) in [6, 6.07) is 5.49. The van der Waals surface area contributed by atoms with E-state index >= 15 is 0 Å². The summed E-state index contributed by atoms with van der Waals surface area (Å²) in [5.74, 6) is 0.764. The van der Waals surface area contributed by atoms with E-state index in [9.17, 15) is 5.11 Å². The lowest BCUT2D eigenvalue weighted by Gasteiger charge is -2.40. The van der Waals surface area contributed by atoms with Crippen molar-refractivity contribution in [1.82, 2.24) is 4.90 Å². The summed E-state index contributed by atoms with van der Waals surface area (Å²) in [4.78, 5) is 2.06. The Kier molecular flexibility index (Phi) is 5.65. The van der Waals surface area contributed by atoms with Crippen molar-refractivity contribution in [1.29, 1.82) is 0 Å². The minimum atomic E-state index is -0.486. The third kappa shape index (κ3) is 3.62. The van der Waals surface area contributed by atoms with Crippen LogP contribution in [0.2, 0.25) is 5.02 Å². The Labute approximate surface area is 121 Å². The zero-order valence-electron chi connectivity index (χ0n) is 12.4. The van der Waals surface area contributed by atoms with Crippen LogP contribution in [0.4, 0.5) is 0 Å². The van der Waals surface area contributed by atoms with E-state index < -0.39 is 6.10 Å². The average molecular weight is 286 g/mol. The molecule has 4 heteroatoms. The van der Waals surface area contributed by atoms with E-state index in [0.29, 0.717) is 11.4 Å². The number of methoxy groups -OCH3 is 1. The second kappa shape index (κ2) is 6.60. The minimum Gasteiger partial charge on any atom is -0.496 e. The predicted molar refractivity (Wildman–Crippen MR) is 80.1 cm³/mol. The Balaban J connectivity index is 2.98. The lowest BCUT2D eigenvalue weighted by atomic mass is 9.86. The minimum absolute atomic E-state index is 0.271. The van der Waals surface area contributed by atoms with Crippen LogP contribution >= 0.6 is 11.6 Å². The molecule has 0 saturated heterocycles. The van der Waals surface area contributed by atoms with Crippen LogP contribution in [0.3, 0.4) is 0 Å². The van der Waals surface area contributed by atoms with Crippen LogP contribution in [0, 0.1) is 0 Å². The zero-order chi connectivity index (χ0) is 14.6. The normalized spacial score (nSPS) is 16.2. The molecule has 1 rings (SSSR count). The number of likely N-dealkylation sites (N-methyl/N-ethyl adjacent to an activating group) is 1. The fourth-order valence-corrected chi connectivity index (χ4v) is 2.38. The number of aliphatic hydroxyl groups excluding tert-OH is 1. The number of halogens is 1. The molecule has 1 aromatic carbocycles. The van der Waals surface area contributed by atoms with Crippen LogP contribution in [0.5, 0.6) is 5.75 Å². The van der Waals surface area contributed by atoms with Gasteiger partial charge < -0.3 is 14.7 Å². The number of aliphatic hydroxyl groups is 1. The molecule has 0 aliphatic heterocycles. The summed E-state index contributed by atoms with van der Waals surface area (Å²) in [6.07, 6.45) is 0.899. The molecular weight excluding hydrogens is 262 g/mol. The Morgan fingerprint density at radius 3 is 2.53 bits per heavy atom. The van der Waals surface area contributed by atoms with Gasteiger partial charge >= 0.3 is 0 Å². The SMILES string of the molecule is CCC(C)(C(O)Cc1cc(Cl)ccc1OC)N(C)C. The van der Waals surface area contributed by atoms with E-state index in [1.54, 1.807) is 13.2 Å². The highest BCUT2D eigenvalue weighted by Crippen LogP contribution is 2.29. The van der Waals surface area contributed by atoms with Crippen molar-refractivity contribution in [3.63, 3.8) is 0 Å². The van der Waals surface area contributed by atoms with Crippen LogP contribution in [0.15, 0.2) is 18.2 Å². The zero-order valence-corrected chi connectivity index (χ0v) is 13.2. The van der Waals surface area contributed by atoms with Gasteiger partial charge in [0, 0.05) is 17.0 Å². The molecule has 0 amide bonds. The van der Waals surface area contributed by atoms with Crippen molar-refractivity contribution in [2.75, 3.05) is 21.2 Å². The van der Waals surface area contributed by atoms with Gasteiger partial charge in [-0.15, -0.1) is 0 Å². The highest BCUT2D eigenvalue weighted by atomic mass is 35.5. The van der Waals surface area contributed by atoms with Gasteiger partial charge in [-0.2, -0.15) is 0 Å². The lowest BCUT2D eigenvalue weighted by Crippen LogP contribution is -2.51. The van der Waals surface area contributed by atoms with Gasteiger partial charge in [-0.3, -0.25) is 0 Å². The maximum absolute atomic E-state index is 10.6. The van der Waals surface area contributed by atoms with Crippen LogP contribution in [-0.2, 0) is 6.42 Å². The standard InChI is InChI=1S/C15H24ClNO2/c1-6-15(2,17(3)4)14(18)10-11-9-12(16)7-8-13(11)19-5/h7-9,14,18H,6,10H2,1-5H3. The molecule has 2 atom stereocenters. The Morgan fingerprint density at radius 2 is 2.05 bits per heavy atom. The molecule has 0 aromatic heterocycles. The lowest BCUT2D eigenvalue weighted by molar-refractivity contribution is 0.00273. The highest BCUT2D eigenvalue weighted by Gasteiger charge is 2.33. The van der Waals surface area contributed by atoms with Gasteiger partial charge in [0.2, 0.25) is 0 Å². The van der Waals surface area contributed by atoms with E-state index in [-0.39, 0.29) is 5.54 Å². The van der Waals surface area contributed by atoms with E-state index in [1.165, 1.54) is 0 Å². The summed E-state index contributed by atoms with van der Waals surface area (Å²) < 4.78 is 5.32. The molecule has 0 spiro atoms. The first-order valence-electron chi connectivity index (χ1n) is 6.53. The van der Waals surface area contributed by atoms with Crippen molar-refractivity contribution in [2.45, 2.75) is 38.3 Å². The van der Waals surface area contributed by atoms with Gasteiger partial charge in [0.25, 0.3) is 0 Å². The molecule has 108 valence electrons. The average Bonchev–Trinajstić information content (AvgIpc) is 2.37. The monoisotopic (exact) mass is 285 g/mol. The highest BCUT2D eigenvalue weighted by molar-refractivity contribution is 6.30. The number of hydrogen-bond donors (Lipinski definition) is 1. The predicted octanol–water partition coefficient (Wildman–Crippen LogP) is 2.98. The largest absolute Gasteiger partial charge is 0.496 e. The fourth-order valence-electron chi connectivity index (χ4n) is 2.18. The Morgan fingerprint density at radius 1 is 1.42 bits per heavy atom. The maximum Gasteiger partial charge on any atom is 0.122 e. The number of ether oxygens (including phenoxy) is 1. The Hall–Kier alpha value is -0.770. The van der Waals surface area contributed by atoms with Crippen molar-refractivity contribution in [3.8, 4) is 5.75 Å². The van der Waals surface area contributed by atoms with Crippen LogP contribution in [0.25, 0.3) is 0 Å². The molecule has 0 bridgehead atoms. The van der Waals surface area contributed by atoms with E-state index in [1.807, 2.05) is 26.2 Å². The molecule has 19 heavy (non-hydrogen) atoms. The molecule has 3 nitrogen and oxygen atoms in total. The summed E-state index contributed by atoms with van der Waals surface area (Å²) in [7, 11) is 5.61. The van der Waals surface area contributed by atoms with Crippen LogP contribution in [0.1, 0.15) is 25.8 Å². The molecule has 0 heterocycles. The second-order valence-electron chi connectivity index (χ2n) is 5.28. The summed E-state index contributed by atoms with van der Waals surface area (Å²) >= 11 is 6.02. The smallest absolute Gasteiger partial charge is 0.122 e. The molecule has 0 aliphatic rings. The Bertz CT molecular complexity index is 423. The molecule has 1 aromatic rings. The van der Waals surface area contributed by atoms with E-state index in [4.69, 9.17) is 16.3 Å². The van der Waals surface area contributed by atoms with Gasteiger partial charge in [0.1, 0.15) is 5.75 Å². The topological polar surface area (TPSA) is 32.7 Å². The van der Waals surface area contributed by atoms with Crippen molar-refractivity contribution in [3.05, 3.63) is 28.8 Å². The molecular formula is C15H24ClNO2. The second-order valence-corrected chi connectivity index (χ2v) is 5.72. The van der Waals surface area contributed by atoms with Gasteiger partial charge in [-0.25, -0.2) is 0 Å². The summed E-state index contributed by atoms with van der Waals surface area (Å²) in [5, 5.41) is 11.2. The van der Waals surface area contributed by atoms with Gasteiger partial charge in [-0.1, -0.05) is 18.5 Å².